The van der Waals surface area contributed by atoms with Gasteiger partial charge < -0.3 is 15.0 Å². The Balaban J connectivity index is 1.46. The van der Waals surface area contributed by atoms with E-state index >= 15 is 0 Å². The average molecular weight is 485 g/mol. The third-order valence-electron chi connectivity index (χ3n) is 6.47. The summed E-state index contributed by atoms with van der Waals surface area (Å²) in [6.45, 7) is 11.9. The Morgan fingerprint density at radius 3 is 2.50 bits per heavy atom. The summed E-state index contributed by atoms with van der Waals surface area (Å²) in [4.78, 5) is 25.2. The highest BCUT2D eigenvalue weighted by molar-refractivity contribution is 6.12. The van der Waals surface area contributed by atoms with E-state index in [1.165, 1.54) is 0 Å². The predicted molar refractivity (Wildman–Crippen MR) is 142 cm³/mol. The summed E-state index contributed by atoms with van der Waals surface area (Å²) in [5.74, 6) is 0.657. The molecule has 0 radical (unpaired) electrons. The molecule has 1 aromatic carbocycles. The van der Waals surface area contributed by atoms with Crippen LogP contribution in [-0.4, -0.2) is 51.0 Å². The number of nitrogens with zero attached hydrogens (tertiary/aromatic N) is 5. The second kappa shape index (κ2) is 9.70. The monoisotopic (exact) mass is 484 g/mol. The number of hydrogen-bond donors (Lipinski definition) is 1. The van der Waals surface area contributed by atoms with Crippen molar-refractivity contribution in [3.63, 3.8) is 0 Å². The molecule has 1 aliphatic heterocycles. The third kappa shape index (κ3) is 4.68. The van der Waals surface area contributed by atoms with E-state index in [2.05, 4.69) is 48.0 Å². The van der Waals surface area contributed by atoms with Gasteiger partial charge in [-0.05, 0) is 58.4 Å². The van der Waals surface area contributed by atoms with E-state index in [1.54, 1.807) is 12.4 Å². The van der Waals surface area contributed by atoms with Crippen molar-refractivity contribution >= 4 is 28.4 Å². The van der Waals surface area contributed by atoms with Gasteiger partial charge in [0, 0.05) is 24.7 Å². The van der Waals surface area contributed by atoms with Crippen LogP contribution < -0.4 is 10.2 Å². The minimum Gasteiger partial charge on any atom is -0.372 e. The minimum atomic E-state index is -0.219. The second-order valence-electron chi connectivity index (χ2n) is 9.81. The van der Waals surface area contributed by atoms with Crippen LogP contribution in [0.25, 0.3) is 22.3 Å². The zero-order chi connectivity index (χ0) is 25.4. The van der Waals surface area contributed by atoms with Crippen molar-refractivity contribution in [2.24, 2.45) is 0 Å². The highest BCUT2D eigenvalue weighted by atomic mass is 16.5. The first-order valence-corrected chi connectivity index (χ1v) is 12.4. The van der Waals surface area contributed by atoms with Gasteiger partial charge in [-0.15, -0.1) is 0 Å². The van der Waals surface area contributed by atoms with Gasteiger partial charge in [0.15, 0.2) is 5.65 Å². The van der Waals surface area contributed by atoms with E-state index in [1.807, 2.05) is 54.1 Å². The van der Waals surface area contributed by atoms with Gasteiger partial charge in [0.25, 0.3) is 5.91 Å². The van der Waals surface area contributed by atoms with Crippen molar-refractivity contribution < 1.29 is 9.53 Å². The van der Waals surface area contributed by atoms with E-state index in [-0.39, 0.29) is 24.2 Å². The fourth-order valence-electron chi connectivity index (χ4n) is 4.79. The molecule has 3 aromatic heterocycles. The highest BCUT2D eigenvalue weighted by Crippen LogP contribution is 2.29. The molecule has 1 aliphatic rings. The normalized spacial score (nSPS) is 18.1. The van der Waals surface area contributed by atoms with Crippen molar-refractivity contribution in [3.05, 3.63) is 66.0 Å². The van der Waals surface area contributed by atoms with E-state index in [0.717, 1.165) is 41.1 Å². The molecule has 5 rings (SSSR count). The Kier molecular flexibility index (Phi) is 6.45. The smallest absolute Gasteiger partial charge is 0.256 e. The van der Waals surface area contributed by atoms with Crippen molar-refractivity contribution in [3.8, 4) is 11.3 Å². The molecule has 4 heterocycles. The molecule has 36 heavy (non-hydrogen) atoms. The van der Waals surface area contributed by atoms with Crippen LogP contribution in [0.15, 0.2) is 54.9 Å². The summed E-state index contributed by atoms with van der Waals surface area (Å²) in [5.41, 5.74) is 4.70. The molecule has 1 amide bonds. The van der Waals surface area contributed by atoms with Gasteiger partial charge in [0.1, 0.15) is 5.82 Å². The van der Waals surface area contributed by atoms with Crippen molar-refractivity contribution in [1.29, 1.82) is 0 Å². The van der Waals surface area contributed by atoms with E-state index in [0.29, 0.717) is 16.9 Å². The second-order valence-corrected chi connectivity index (χ2v) is 9.81. The summed E-state index contributed by atoms with van der Waals surface area (Å²) in [6.07, 6.45) is 3.73. The molecule has 2 atom stereocenters. The number of ether oxygens (including phenoxy) is 1. The van der Waals surface area contributed by atoms with Crippen LogP contribution >= 0.6 is 0 Å². The van der Waals surface area contributed by atoms with Gasteiger partial charge >= 0.3 is 0 Å². The fourth-order valence-corrected chi connectivity index (χ4v) is 4.79. The Bertz CT molecular complexity index is 1390. The van der Waals surface area contributed by atoms with Gasteiger partial charge in [-0.25, -0.2) is 14.6 Å². The molecule has 1 saturated heterocycles. The van der Waals surface area contributed by atoms with Crippen LogP contribution in [0, 0.1) is 6.92 Å². The number of rotatable bonds is 5. The Morgan fingerprint density at radius 2 is 1.83 bits per heavy atom. The third-order valence-corrected chi connectivity index (χ3v) is 6.47. The molecule has 8 nitrogen and oxygen atoms in total. The number of fused-ring (bicyclic) bond motifs is 1. The lowest BCUT2D eigenvalue weighted by Crippen LogP contribution is -2.45. The molecule has 8 heteroatoms. The largest absolute Gasteiger partial charge is 0.372 e. The molecule has 0 bridgehead atoms. The number of aromatic nitrogens is 4. The average Bonchev–Trinajstić information content (AvgIpc) is 3.28. The van der Waals surface area contributed by atoms with Gasteiger partial charge in [0.2, 0.25) is 0 Å². The van der Waals surface area contributed by atoms with E-state index < -0.39 is 0 Å². The first-order valence-electron chi connectivity index (χ1n) is 12.4. The number of hydrogen-bond acceptors (Lipinski definition) is 6. The molecular formula is C28H32N6O2. The lowest BCUT2D eigenvalue weighted by molar-refractivity contribution is -0.00545. The maximum absolute atomic E-state index is 13.5. The molecule has 1 N–H and O–H groups in total. The number of nitrogens with one attached hydrogen (secondary N) is 1. The molecule has 2 unspecified atom stereocenters. The zero-order valence-corrected chi connectivity index (χ0v) is 21.4. The summed E-state index contributed by atoms with van der Waals surface area (Å²) in [7, 11) is 0. The lowest BCUT2D eigenvalue weighted by Gasteiger charge is -2.36. The van der Waals surface area contributed by atoms with E-state index in [9.17, 15) is 4.79 Å². The van der Waals surface area contributed by atoms with Crippen molar-refractivity contribution in [1.82, 2.24) is 19.7 Å². The van der Waals surface area contributed by atoms with Crippen molar-refractivity contribution in [2.45, 2.75) is 52.9 Å². The van der Waals surface area contributed by atoms with Crippen molar-refractivity contribution in [2.75, 3.05) is 23.3 Å². The minimum absolute atomic E-state index is 0.111. The van der Waals surface area contributed by atoms with Gasteiger partial charge in [0.05, 0.1) is 46.9 Å². The molecule has 0 spiro atoms. The first kappa shape index (κ1) is 23.9. The lowest BCUT2D eigenvalue weighted by atomic mass is 10.0. The number of morpholine rings is 1. The Morgan fingerprint density at radius 1 is 1.08 bits per heavy atom. The predicted octanol–water partition coefficient (Wildman–Crippen LogP) is 5.25. The zero-order valence-electron chi connectivity index (χ0n) is 21.4. The Labute approximate surface area is 211 Å². The van der Waals surface area contributed by atoms with Crippen LogP contribution in [-0.2, 0) is 4.74 Å². The molecule has 0 saturated carbocycles. The molecule has 4 aromatic rings. The fraction of sp³-hybridized carbons (Fsp3) is 0.357. The highest BCUT2D eigenvalue weighted by Gasteiger charge is 2.23. The summed E-state index contributed by atoms with van der Waals surface area (Å²) in [6, 6.07) is 13.8. The van der Waals surface area contributed by atoms with Crippen LogP contribution in [0.3, 0.4) is 0 Å². The number of aryl methyl sites for hydroxylation is 1. The number of amides is 1. The standard InChI is InChI=1S/C28H32N6O2/c1-17(2)34-27-24(14-30-34)23(12-25(32-27)22-9-7-6-8-18(22)3)28(35)31-21-10-11-26(29-13-21)33-15-19(4)36-20(5)16-33/h6-14,17,19-20H,15-16H2,1-5H3,(H,31,35). The molecule has 186 valence electrons. The number of pyridine rings is 2. The van der Waals surface area contributed by atoms with E-state index in [4.69, 9.17) is 9.72 Å². The van der Waals surface area contributed by atoms with Crippen LogP contribution in [0.2, 0.25) is 0 Å². The number of carbonyl (C=O) groups is 1. The Hall–Kier alpha value is -3.78. The molecule has 0 aliphatic carbocycles. The first-order chi connectivity index (χ1) is 17.3. The maximum atomic E-state index is 13.5. The number of benzene rings is 1. The molecule has 1 fully saturated rings. The van der Waals surface area contributed by atoms with Crippen LogP contribution in [0.4, 0.5) is 11.5 Å². The molecular weight excluding hydrogens is 452 g/mol. The topological polar surface area (TPSA) is 85.2 Å². The summed E-state index contributed by atoms with van der Waals surface area (Å²) >= 11 is 0. The summed E-state index contributed by atoms with van der Waals surface area (Å²) in [5, 5.41) is 8.27. The van der Waals surface area contributed by atoms with Crippen LogP contribution in [0.5, 0.6) is 0 Å². The van der Waals surface area contributed by atoms with Gasteiger partial charge in [-0.1, -0.05) is 24.3 Å². The number of carbonyl (C=O) groups excluding carboxylic acids is 1. The SMILES string of the molecule is Cc1ccccc1-c1cc(C(=O)Nc2ccc(N3CC(C)OC(C)C3)nc2)c2cnn(C(C)C)c2n1. The number of anilines is 2. The summed E-state index contributed by atoms with van der Waals surface area (Å²) < 4.78 is 7.68. The van der Waals surface area contributed by atoms with Gasteiger partial charge in [-0.3, -0.25) is 4.79 Å². The quantitative estimate of drug-likeness (QED) is 0.417. The van der Waals surface area contributed by atoms with Crippen LogP contribution in [0.1, 0.15) is 49.7 Å². The maximum Gasteiger partial charge on any atom is 0.256 e. The van der Waals surface area contributed by atoms with Gasteiger partial charge in [-0.2, -0.15) is 5.10 Å².